The minimum Gasteiger partial charge on any atom is -0.315 e. The number of carbonyl (C=O) groups excluding carboxylic acids is 1. The summed E-state index contributed by atoms with van der Waals surface area (Å²) in [7, 11) is 1.84. The third-order valence-electron chi connectivity index (χ3n) is 4.56. The van der Waals surface area contributed by atoms with E-state index in [1.165, 1.54) is 31.2 Å². The van der Waals surface area contributed by atoms with Gasteiger partial charge in [0, 0.05) is 12.7 Å². The smallest absolute Gasteiger partial charge is 0.231 e. The molecule has 19 heavy (non-hydrogen) atoms. The highest BCUT2D eigenvalue weighted by molar-refractivity contribution is 6.20. The number of anilines is 1. The number of rotatable bonds is 3. The summed E-state index contributed by atoms with van der Waals surface area (Å²) in [5.41, 5.74) is 3.34. The van der Waals surface area contributed by atoms with Crippen LogP contribution in [-0.2, 0) is 11.2 Å². The molecule has 1 fully saturated rings. The first-order chi connectivity index (χ1) is 9.15. The van der Waals surface area contributed by atoms with Gasteiger partial charge in [0.15, 0.2) is 0 Å². The molecule has 1 amide bonds. The summed E-state index contributed by atoms with van der Waals surface area (Å²) < 4.78 is 0. The van der Waals surface area contributed by atoms with E-state index in [4.69, 9.17) is 11.6 Å². The molecule has 0 spiro atoms. The number of amides is 1. The first-order valence-electron chi connectivity index (χ1n) is 7.18. The van der Waals surface area contributed by atoms with Crippen molar-refractivity contribution in [3.05, 3.63) is 29.3 Å². The Balaban J connectivity index is 1.75. The maximum absolute atomic E-state index is 11.7. The van der Waals surface area contributed by atoms with Crippen molar-refractivity contribution in [3.63, 3.8) is 0 Å². The molecule has 0 bridgehead atoms. The summed E-state index contributed by atoms with van der Waals surface area (Å²) in [6, 6.07) is 6.25. The van der Waals surface area contributed by atoms with Gasteiger partial charge in [-0.1, -0.05) is 37.8 Å². The molecule has 2 aliphatic rings. The molecule has 3 heteroatoms. The van der Waals surface area contributed by atoms with Crippen molar-refractivity contribution in [1.82, 2.24) is 0 Å². The predicted octanol–water partition coefficient (Wildman–Crippen LogP) is 4.07. The van der Waals surface area contributed by atoms with E-state index in [0.29, 0.717) is 6.42 Å². The van der Waals surface area contributed by atoms with Gasteiger partial charge in [-0.3, -0.25) is 4.79 Å². The average molecular weight is 278 g/mol. The van der Waals surface area contributed by atoms with Gasteiger partial charge >= 0.3 is 0 Å². The van der Waals surface area contributed by atoms with Crippen molar-refractivity contribution in [2.24, 2.45) is 5.92 Å². The zero-order valence-electron chi connectivity index (χ0n) is 11.4. The molecule has 1 aliphatic carbocycles. The predicted molar refractivity (Wildman–Crippen MR) is 78.7 cm³/mol. The minimum absolute atomic E-state index is 0.0920. The Morgan fingerprint density at radius 1 is 1.37 bits per heavy atom. The molecule has 1 atom stereocenters. The molecule has 1 aromatic rings. The molecule has 3 rings (SSSR count). The molecule has 1 saturated carbocycles. The lowest BCUT2D eigenvalue weighted by atomic mass is 9.96. The first kappa shape index (κ1) is 13.0. The van der Waals surface area contributed by atoms with Gasteiger partial charge in [0.05, 0.1) is 11.8 Å². The lowest BCUT2D eigenvalue weighted by molar-refractivity contribution is -0.117. The Hall–Kier alpha value is -1.02. The third-order valence-corrected chi connectivity index (χ3v) is 4.99. The Bertz CT molecular complexity index is 494. The van der Waals surface area contributed by atoms with E-state index in [9.17, 15) is 4.79 Å². The van der Waals surface area contributed by atoms with E-state index in [1.54, 1.807) is 4.90 Å². The highest BCUT2D eigenvalue weighted by Crippen LogP contribution is 2.38. The Labute approximate surface area is 119 Å². The van der Waals surface area contributed by atoms with E-state index >= 15 is 0 Å². The van der Waals surface area contributed by atoms with Crippen molar-refractivity contribution < 1.29 is 4.79 Å². The van der Waals surface area contributed by atoms with Crippen LogP contribution in [-0.4, -0.2) is 13.0 Å². The largest absolute Gasteiger partial charge is 0.315 e. The Morgan fingerprint density at radius 3 is 2.84 bits per heavy atom. The van der Waals surface area contributed by atoms with Crippen molar-refractivity contribution in [2.45, 2.75) is 43.9 Å². The van der Waals surface area contributed by atoms with Gasteiger partial charge < -0.3 is 4.90 Å². The van der Waals surface area contributed by atoms with Crippen LogP contribution in [0.4, 0.5) is 5.69 Å². The Kier molecular flexibility index (Phi) is 3.53. The summed E-state index contributed by atoms with van der Waals surface area (Å²) in [6.07, 6.45) is 6.97. The van der Waals surface area contributed by atoms with Crippen LogP contribution in [0.15, 0.2) is 18.2 Å². The molecule has 1 unspecified atom stereocenters. The van der Waals surface area contributed by atoms with E-state index in [2.05, 4.69) is 12.1 Å². The maximum atomic E-state index is 11.7. The number of hydrogen-bond donors (Lipinski definition) is 0. The molecule has 0 N–H and O–H groups in total. The van der Waals surface area contributed by atoms with Crippen LogP contribution < -0.4 is 4.90 Å². The molecule has 0 radical (unpaired) electrons. The average Bonchev–Trinajstić information content (AvgIpc) is 2.99. The Morgan fingerprint density at radius 2 is 2.11 bits per heavy atom. The van der Waals surface area contributed by atoms with Crippen molar-refractivity contribution in [1.29, 1.82) is 0 Å². The van der Waals surface area contributed by atoms with E-state index in [-0.39, 0.29) is 11.3 Å². The fraction of sp³-hybridized carbons (Fsp3) is 0.562. The van der Waals surface area contributed by atoms with Crippen molar-refractivity contribution in [2.75, 3.05) is 11.9 Å². The summed E-state index contributed by atoms with van der Waals surface area (Å²) in [5.74, 6) is 0.967. The second-order valence-corrected chi connectivity index (χ2v) is 6.40. The molecule has 1 heterocycles. The molecule has 1 aliphatic heterocycles. The van der Waals surface area contributed by atoms with Gasteiger partial charge in [-0.25, -0.2) is 0 Å². The zero-order chi connectivity index (χ0) is 13.4. The normalized spacial score (nSPS) is 20.9. The van der Waals surface area contributed by atoms with Gasteiger partial charge in [0.25, 0.3) is 0 Å². The zero-order valence-corrected chi connectivity index (χ0v) is 12.1. The first-order valence-corrected chi connectivity index (χ1v) is 7.62. The SMILES string of the molecule is CN1C(=O)Cc2cc(C(Cl)CC3CCCC3)ccc21. The number of halogens is 1. The van der Waals surface area contributed by atoms with E-state index < -0.39 is 0 Å². The van der Waals surface area contributed by atoms with Crippen molar-refractivity contribution >= 4 is 23.2 Å². The molecular formula is C16H20ClNO. The molecule has 2 nitrogen and oxygen atoms in total. The number of likely N-dealkylation sites (N-methyl/N-ethyl adjacent to an activating group) is 1. The second-order valence-electron chi connectivity index (χ2n) is 5.87. The van der Waals surface area contributed by atoms with Crippen LogP contribution in [0, 0.1) is 5.92 Å². The molecule has 102 valence electrons. The van der Waals surface area contributed by atoms with Crippen LogP contribution in [0.1, 0.15) is 48.6 Å². The van der Waals surface area contributed by atoms with Crippen molar-refractivity contribution in [3.8, 4) is 0 Å². The van der Waals surface area contributed by atoms with Crippen LogP contribution in [0.5, 0.6) is 0 Å². The summed E-state index contributed by atoms with van der Waals surface area (Å²) in [5, 5.41) is 0.0920. The van der Waals surface area contributed by atoms with Gasteiger partial charge in [-0.2, -0.15) is 0 Å². The van der Waals surface area contributed by atoms with Crippen LogP contribution in [0.25, 0.3) is 0 Å². The third kappa shape index (κ3) is 2.51. The molecule has 0 saturated heterocycles. The number of alkyl halides is 1. The minimum atomic E-state index is 0.0920. The maximum Gasteiger partial charge on any atom is 0.231 e. The number of fused-ring (bicyclic) bond motifs is 1. The van der Waals surface area contributed by atoms with Gasteiger partial charge in [0.2, 0.25) is 5.91 Å². The van der Waals surface area contributed by atoms with E-state index in [1.807, 2.05) is 13.1 Å². The lowest BCUT2D eigenvalue weighted by Gasteiger charge is -2.16. The lowest BCUT2D eigenvalue weighted by Crippen LogP contribution is -2.20. The topological polar surface area (TPSA) is 20.3 Å². The fourth-order valence-corrected chi connectivity index (χ4v) is 3.75. The monoisotopic (exact) mass is 277 g/mol. The summed E-state index contributed by atoms with van der Waals surface area (Å²) >= 11 is 6.56. The highest BCUT2D eigenvalue weighted by atomic mass is 35.5. The quantitative estimate of drug-likeness (QED) is 0.763. The second kappa shape index (κ2) is 5.16. The van der Waals surface area contributed by atoms with Gasteiger partial charge in [0.1, 0.15) is 0 Å². The molecule has 1 aromatic carbocycles. The van der Waals surface area contributed by atoms with Gasteiger partial charge in [-0.05, 0) is 29.5 Å². The van der Waals surface area contributed by atoms with Crippen LogP contribution >= 0.6 is 11.6 Å². The molecule has 0 aromatic heterocycles. The molecular weight excluding hydrogens is 258 g/mol. The summed E-state index contributed by atoms with van der Waals surface area (Å²) in [4.78, 5) is 13.4. The number of benzene rings is 1. The fourth-order valence-electron chi connectivity index (χ4n) is 3.36. The standard InChI is InChI=1S/C16H20ClNO/c1-18-15-7-6-12(9-13(15)10-16(18)19)14(17)8-11-4-2-3-5-11/h6-7,9,11,14H,2-5,8,10H2,1H3. The number of carbonyl (C=O) groups is 1. The van der Waals surface area contributed by atoms with E-state index in [0.717, 1.165) is 23.6 Å². The van der Waals surface area contributed by atoms with Crippen LogP contribution in [0.2, 0.25) is 0 Å². The number of nitrogens with zero attached hydrogens (tertiary/aromatic N) is 1. The number of hydrogen-bond acceptors (Lipinski definition) is 1. The van der Waals surface area contributed by atoms with Gasteiger partial charge in [-0.15, -0.1) is 11.6 Å². The summed E-state index contributed by atoms with van der Waals surface area (Å²) in [6.45, 7) is 0. The van der Waals surface area contributed by atoms with Crippen LogP contribution in [0.3, 0.4) is 0 Å². The highest BCUT2D eigenvalue weighted by Gasteiger charge is 2.26.